The molecule has 1 aliphatic carbocycles. The van der Waals surface area contributed by atoms with Crippen LogP contribution in [0.2, 0.25) is 0 Å². The van der Waals surface area contributed by atoms with Crippen molar-refractivity contribution in [2.24, 2.45) is 0 Å². The van der Waals surface area contributed by atoms with E-state index < -0.39 is 10.0 Å². The molecule has 0 aromatic heterocycles. The standard InChI is InChI=1S/C15H24N2O2S2/c1-3-11-4-5-12(16)10-15(11)21(18,19)17-13-6-8-14(20-2)9-7-13/h4-5,10,13-14,17H,3,6-9,16H2,1-2H3. The van der Waals surface area contributed by atoms with Gasteiger partial charge >= 0.3 is 0 Å². The first kappa shape index (κ1) is 16.6. The maximum absolute atomic E-state index is 12.6. The summed E-state index contributed by atoms with van der Waals surface area (Å²) in [6, 6.07) is 5.16. The summed E-state index contributed by atoms with van der Waals surface area (Å²) < 4.78 is 28.1. The zero-order valence-electron chi connectivity index (χ0n) is 12.6. The molecule has 21 heavy (non-hydrogen) atoms. The maximum atomic E-state index is 12.6. The van der Waals surface area contributed by atoms with E-state index in [4.69, 9.17) is 5.73 Å². The van der Waals surface area contributed by atoms with Gasteiger partial charge in [-0.2, -0.15) is 11.8 Å². The fraction of sp³-hybridized carbons (Fsp3) is 0.600. The summed E-state index contributed by atoms with van der Waals surface area (Å²) in [5.41, 5.74) is 7.05. The molecule has 0 heterocycles. The molecule has 0 aliphatic heterocycles. The zero-order valence-corrected chi connectivity index (χ0v) is 14.3. The van der Waals surface area contributed by atoms with Crippen LogP contribution in [0.15, 0.2) is 23.1 Å². The smallest absolute Gasteiger partial charge is 0.241 e. The molecular formula is C15H24N2O2S2. The Morgan fingerprint density at radius 3 is 2.52 bits per heavy atom. The van der Waals surface area contributed by atoms with Gasteiger partial charge in [0.25, 0.3) is 0 Å². The molecule has 1 fully saturated rings. The zero-order chi connectivity index (χ0) is 15.5. The van der Waals surface area contributed by atoms with Crippen molar-refractivity contribution in [3.63, 3.8) is 0 Å². The predicted molar refractivity (Wildman–Crippen MR) is 90.1 cm³/mol. The Labute approximate surface area is 131 Å². The molecule has 4 nitrogen and oxygen atoms in total. The van der Waals surface area contributed by atoms with Gasteiger partial charge in [-0.25, -0.2) is 13.1 Å². The number of thioether (sulfide) groups is 1. The van der Waals surface area contributed by atoms with E-state index in [9.17, 15) is 8.42 Å². The van der Waals surface area contributed by atoms with Crippen LogP contribution in [-0.2, 0) is 16.4 Å². The summed E-state index contributed by atoms with van der Waals surface area (Å²) in [7, 11) is -3.49. The van der Waals surface area contributed by atoms with Crippen LogP contribution in [0, 0.1) is 0 Å². The molecule has 0 unspecified atom stereocenters. The average Bonchev–Trinajstić information content (AvgIpc) is 2.47. The van der Waals surface area contributed by atoms with Crippen molar-refractivity contribution in [3.05, 3.63) is 23.8 Å². The first-order chi connectivity index (χ1) is 9.96. The minimum absolute atomic E-state index is 0.0459. The van der Waals surface area contributed by atoms with E-state index in [-0.39, 0.29) is 6.04 Å². The van der Waals surface area contributed by atoms with Crippen molar-refractivity contribution in [2.45, 2.75) is 55.2 Å². The van der Waals surface area contributed by atoms with E-state index >= 15 is 0 Å². The second-order valence-electron chi connectivity index (χ2n) is 5.55. The molecule has 1 aromatic rings. The van der Waals surface area contributed by atoms with E-state index in [1.54, 1.807) is 18.2 Å². The van der Waals surface area contributed by atoms with Crippen molar-refractivity contribution in [1.82, 2.24) is 4.72 Å². The number of benzene rings is 1. The maximum Gasteiger partial charge on any atom is 0.241 e. The fourth-order valence-corrected chi connectivity index (χ4v) is 5.21. The summed E-state index contributed by atoms with van der Waals surface area (Å²) in [6.07, 6.45) is 6.77. The van der Waals surface area contributed by atoms with Gasteiger partial charge in [0.2, 0.25) is 10.0 Å². The van der Waals surface area contributed by atoms with Gasteiger partial charge < -0.3 is 5.73 Å². The fourth-order valence-electron chi connectivity index (χ4n) is 2.81. The third kappa shape index (κ3) is 4.14. The van der Waals surface area contributed by atoms with Gasteiger partial charge in [-0.15, -0.1) is 0 Å². The van der Waals surface area contributed by atoms with Crippen LogP contribution >= 0.6 is 11.8 Å². The highest BCUT2D eigenvalue weighted by Crippen LogP contribution is 2.28. The molecule has 1 aliphatic rings. The molecule has 0 saturated heterocycles. The van der Waals surface area contributed by atoms with Gasteiger partial charge in [0.15, 0.2) is 0 Å². The lowest BCUT2D eigenvalue weighted by Crippen LogP contribution is -2.38. The molecule has 118 valence electrons. The van der Waals surface area contributed by atoms with Crippen LogP contribution in [0.25, 0.3) is 0 Å². The largest absolute Gasteiger partial charge is 0.399 e. The number of sulfonamides is 1. The molecule has 0 radical (unpaired) electrons. The Bertz CT molecular complexity index is 579. The van der Waals surface area contributed by atoms with Gasteiger partial charge in [0, 0.05) is 17.0 Å². The van der Waals surface area contributed by atoms with Gasteiger partial charge in [-0.1, -0.05) is 13.0 Å². The molecule has 0 atom stereocenters. The number of nitrogens with two attached hydrogens (primary N) is 1. The Balaban J connectivity index is 2.14. The molecule has 0 amide bonds. The second kappa shape index (κ2) is 7.03. The number of nitrogen functional groups attached to an aromatic ring is 1. The van der Waals surface area contributed by atoms with Crippen LogP contribution < -0.4 is 10.5 Å². The van der Waals surface area contributed by atoms with E-state index in [0.29, 0.717) is 22.3 Å². The monoisotopic (exact) mass is 328 g/mol. The quantitative estimate of drug-likeness (QED) is 0.815. The molecule has 1 aromatic carbocycles. The normalized spacial score (nSPS) is 23.1. The van der Waals surface area contributed by atoms with E-state index in [0.717, 1.165) is 31.2 Å². The number of hydrogen-bond donors (Lipinski definition) is 2. The van der Waals surface area contributed by atoms with Crippen LogP contribution in [0.5, 0.6) is 0 Å². The van der Waals surface area contributed by atoms with Gasteiger partial charge in [0.1, 0.15) is 0 Å². The lowest BCUT2D eigenvalue weighted by Gasteiger charge is -2.28. The third-order valence-electron chi connectivity index (χ3n) is 4.09. The highest BCUT2D eigenvalue weighted by molar-refractivity contribution is 7.99. The van der Waals surface area contributed by atoms with Crippen LogP contribution in [0.4, 0.5) is 5.69 Å². The van der Waals surface area contributed by atoms with Gasteiger partial charge in [0.05, 0.1) is 4.90 Å². The van der Waals surface area contributed by atoms with Crippen molar-refractivity contribution >= 4 is 27.5 Å². The Morgan fingerprint density at radius 2 is 1.95 bits per heavy atom. The number of aryl methyl sites for hydroxylation is 1. The summed E-state index contributed by atoms with van der Waals surface area (Å²) in [4.78, 5) is 0.331. The lowest BCUT2D eigenvalue weighted by molar-refractivity contribution is 0.420. The first-order valence-corrected chi connectivity index (χ1v) is 10.2. The topological polar surface area (TPSA) is 72.2 Å². The van der Waals surface area contributed by atoms with E-state index in [1.165, 1.54) is 0 Å². The number of nitrogens with one attached hydrogen (secondary N) is 1. The molecule has 2 rings (SSSR count). The predicted octanol–water partition coefficient (Wildman–Crippen LogP) is 2.78. The molecule has 0 bridgehead atoms. The van der Waals surface area contributed by atoms with Crippen LogP contribution in [-0.4, -0.2) is 26.0 Å². The summed E-state index contributed by atoms with van der Waals surface area (Å²) in [6.45, 7) is 1.95. The number of hydrogen-bond acceptors (Lipinski definition) is 4. The first-order valence-electron chi connectivity index (χ1n) is 7.39. The van der Waals surface area contributed by atoms with Crippen molar-refractivity contribution in [2.75, 3.05) is 12.0 Å². The Hall–Kier alpha value is -0.720. The lowest BCUT2D eigenvalue weighted by atomic mass is 9.96. The molecular weight excluding hydrogens is 304 g/mol. The van der Waals surface area contributed by atoms with Crippen molar-refractivity contribution in [1.29, 1.82) is 0 Å². The average molecular weight is 329 g/mol. The van der Waals surface area contributed by atoms with E-state index in [1.807, 2.05) is 18.7 Å². The van der Waals surface area contributed by atoms with E-state index in [2.05, 4.69) is 11.0 Å². The highest BCUT2D eigenvalue weighted by atomic mass is 32.2. The van der Waals surface area contributed by atoms with Crippen molar-refractivity contribution in [3.8, 4) is 0 Å². The summed E-state index contributed by atoms with van der Waals surface area (Å²) in [5, 5.41) is 0.671. The van der Waals surface area contributed by atoms with Crippen molar-refractivity contribution < 1.29 is 8.42 Å². The van der Waals surface area contributed by atoms with Gasteiger partial charge in [-0.3, -0.25) is 0 Å². The SMILES string of the molecule is CCc1ccc(N)cc1S(=O)(=O)NC1CCC(SC)CC1. The molecule has 6 heteroatoms. The summed E-state index contributed by atoms with van der Waals surface area (Å²) >= 11 is 1.88. The number of anilines is 1. The Kier molecular flexibility index (Phi) is 5.57. The third-order valence-corrected chi connectivity index (χ3v) is 6.83. The van der Waals surface area contributed by atoms with Crippen LogP contribution in [0.3, 0.4) is 0 Å². The minimum atomic E-state index is -3.49. The highest BCUT2D eigenvalue weighted by Gasteiger charge is 2.26. The molecule has 3 N–H and O–H groups in total. The molecule has 0 spiro atoms. The minimum Gasteiger partial charge on any atom is -0.399 e. The summed E-state index contributed by atoms with van der Waals surface area (Å²) in [5.74, 6) is 0. The Morgan fingerprint density at radius 1 is 1.29 bits per heavy atom. The van der Waals surface area contributed by atoms with Crippen LogP contribution in [0.1, 0.15) is 38.2 Å². The number of rotatable bonds is 5. The molecule has 1 saturated carbocycles. The van der Waals surface area contributed by atoms with Gasteiger partial charge in [-0.05, 0) is 56.1 Å². The second-order valence-corrected chi connectivity index (χ2v) is 8.37.